The Hall–Kier alpha value is -1.39. The molecule has 5 heteroatoms. The second kappa shape index (κ2) is 5.31. The molecule has 0 bridgehead atoms. The van der Waals surface area contributed by atoms with Crippen molar-refractivity contribution in [2.75, 3.05) is 0 Å². The van der Waals surface area contributed by atoms with Crippen molar-refractivity contribution in [2.45, 2.75) is 32.8 Å². The van der Waals surface area contributed by atoms with Gasteiger partial charge in [-0.1, -0.05) is 25.4 Å². The second-order valence-corrected chi connectivity index (χ2v) is 5.36. The number of aliphatic hydroxyl groups is 1. The highest BCUT2D eigenvalue weighted by Gasteiger charge is 2.25. The van der Waals surface area contributed by atoms with Crippen molar-refractivity contribution in [1.82, 2.24) is 14.8 Å². The van der Waals surface area contributed by atoms with E-state index in [1.807, 2.05) is 26.8 Å². The summed E-state index contributed by atoms with van der Waals surface area (Å²) in [6, 6.07) is 1.87. The average molecular weight is 280 g/mol. The molecule has 2 aromatic rings. The van der Waals surface area contributed by atoms with Crippen LogP contribution in [0.25, 0.3) is 0 Å². The molecule has 0 aliphatic heterocycles. The molecule has 0 radical (unpaired) electrons. The third kappa shape index (κ3) is 2.51. The van der Waals surface area contributed by atoms with Gasteiger partial charge >= 0.3 is 0 Å². The molecule has 0 saturated heterocycles. The smallest absolute Gasteiger partial charge is 0.133 e. The van der Waals surface area contributed by atoms with Gasteiger partial charge in [-0.15, -0.1) is 0 Å². The first-order valence-electron chi connectivity index (χ1n) is 6.24. The van der Waals surface area contributed by atoms with Crippen molar-refractivity contribution in [1.29, 1.82) is 0 Å². The minimum atomic E-state index is -0.799. The molecule has 19 heavy (non-hydrogen) atoms. The number of aryl methyl sites for hydroxylation is 2. The molecule has 0 fully saturated rings. The summed E-state index contributed by atoms with van der Waals surface area (Å²) in [6.07, 6.45) is 2.58. The highest BCUT2D eigenvalue weighted by Crippen LogP contribution is 2.34. The molecule has 4 nitrogen and oxygen atoms in total. The van der Waals surface area contributed by atoms with Gasteiger partial charge in [-0.25, -0.2) is 0 Å². The zero-order chi connectivity index (χ0) is 14.2. The van der Waals surface area contributed by atoms with E-state index in [0.717, 1.165) is 16.8 Å². The van der Waals surface area contributed by atoms with Gasteiger partial charge in [0.2, 0.25) is 0 Å². The van der Waals surface area contributed by atoms with Crippen LogP contribution in [0.4, 0.5) is 0 Å². The molecule has 2 heterocycles. The Morgan fingerprint density at radius 1 is 1.37 bits per heavy atom. The van der Waals surface area contributed by atoms with Crippen LogP contribution in [0.1, 0.15) is 48.3 Å². The summed E-state index contributed by atoms with van der Waals surface area (Å²) in [5.41, 5.74) is 3.25. The highest BCUT2D eigenvalue weighted by molar-refractivity contribution is 6.30. The van der Waals surface area contributed by atoms with Crippen LogP contribution in [0.3, 0.4) is 0 Å². The normalized spacial score (nSPS) is 13.0. The third-order valence-corrected chi connectivity index (χ3v) is 3.68. The number of halogens is 1. The van der Waals surface area contributed by atoms with Crippen LogP contribution >= 0.6 is 11.6 Å². The lowest BCUT2D eigenvalue weighted by Gasteiger charge is -2.15. The summed E-state index contributed by atoms with van der Waals surface area (Å²) in [5.74, 6) is 0.195. The van der Waals surface area contributed by atoms with E-state index in [2.05, 4.69) is 10.1 Å². The van der Waals surface area contributed by atoms with Crippen LogP contribution in [0.5, 0.6) is 0 Å². The third-order valence-electron chi connectivity index (χ3n) is 3.23. The van der Waals surface area contributed by atoms with E-state index < -0.39 is 6.10 Å². The maximum Gasteiger partial charge on any atom is 0.133 e. The summed E-state index contributed by atoms with van der Waals surface area (Å²) in [7, 11) is 1.78. The topological polar surface area (TPSA) is 50.9 Å². The first-order valence-corrected chi connectivity index (χ1v) is 6.62. The van der Waals surface area contributed by atoms with Crippen molar-refractivity contribution in [2.24, 2.45) is 7.05 Å². The zero-order valence-electron chi connectivity index (χ0n) is 11.6. The molecule has 2 rings (SSSR count). The number of aliphatic hydroxyl groups excluding tert-OH is 1. The lowest BCUT2D eigenvalue weighted by molar-refractivity contribution is 0.217. The maximum absolute atomic E-state index is 10.6. The van der Waals surface area contributed by atoms with Crippen molar-refractivity contribution in [3.8, 4) is 0 Å². The Morgan fingerprint density at radius 2 is 2.05 bits per heavy atom. The molecule has 0 aromatic carbocycles. The summed E-state index contributed by atoms with van der Waals surface area (Å²) in [6.45, 7) is 6.01. The Labute approximate surface area is 118 Å². The molecule has 0 saturated carbocycles. The molecular weight excluding hydrogens is 262 g/mol. The van der Waals surface area contributed by atoms with E-state index in [4.69, 9.17) is 11.6 Å². The van der Waals surface area contributed by atoms with Crippen molar-refractivity contribution >= 4 is 11.6 Å². The van der Waals surface area contributed by atoms with Gasteiger partial charge in [-0.3, -0.25) is 9.67 Å². The maximum atomic E-state index is 10.6. The zero-order valence-corrected chi connectivity index (χ0v) is 12.3. The van der Waals surface area contributed by atoms with E-state index in [9.17, 15) is 5.11 Å². The van der Waals surface area contributed by atoms with E-state index in [1.54, 1.807) is 24.1 Å². The van der Waals surface area contributed by atoms with Crippen LogP contribution in [-0.4, -0.2) is 19.9 Å². The van der Waals surface area contributed by atoms with Crippen molar-refractivity contribution in [3.63, 3.8) is 0 Å². The molecule has 1 N–H and O–H groups in total. The van der Waals surface area contributed by atoms with Gasteiger partial charge in [-0.05, 0) is 24.5 Å². The number of hydrogen-bond donors (Lipinski definition) is 1. The fraction of sp³-hybridized carbons (Fsp3) is 0.429. The first kappa shape index (κ1) is 14.0. The van der Waals surface area contributed by atoms with E-state index in [0.29, 0.717) is 10.7 Å². The number of aromatic nitrogens is 3. The lowest BCUT2D eigenvalue weighted by Crippen LogP contribution is -2.06. The quantitative estimate of drug-likeness (QED) is 0.940. The molecule has 0 aliphatic rings. The lowest BCUT2D eigenvalue weighted by atomic mass is 9.96. The Morgan fingerprint density at radius 3 is 2.63 bits per heavy atom. The predicted octanol–water partition coefficient (Wildman–Crippen LogP) is 2.98. The highest BCUT2D eigenvalue weighted by atomic mass is 35.5. The molecule has 2 aromatic heterocycles. The molecule has 0 aliphatic carbocycles. The van der Waals surface area contributed by atoms with E-state index in [1.165, 1.54) is 0 Å². The average Bonchev–Trinajstić information content (AvgIpc) is 2.66. The monoisotopic (exact) mass is 279 g/mol. The van der Waals surface area contributed by atoms with Crippen LogP contribution in [0.2, 0.25) is 5.15 Å². The standard InChI is InChI=1S/C14H18ClN3O/c1-8(2)12-11(14(15)18(4)17-12)13(19)10-7-16-6-5-9(10)3/h5-8,13,19H,1-4H3. The molecule has 0 amide bonds. The van der Waals surface area contributed by atoms with Crippen molar-refractivity contribution in [3.05, 3.63) is 46.0 Å². The van der Waals surface area contributed by atoms with Gasteiger partial charge in [-0.2, -0.15) is 5.10 Å². The Kier molecular flexibility index (Phi) is 3.92. The van der Waals surface area contributed by atoms with Gasteiger partial charge < -0.3 is 5.11 Å². The molecule has 1 unspecified atom stereocenters. The molecular formula is C14H18ClN3O. The molecule has 102 valence electrons. The minimum absolute atomic E-state index is 0.195. The largest absolute Gasteiger partial charge is 0.383 e. The summed E-state index contributed by atoms with van der Waals surface area (Å²) in [4.78, 5) is 4.07. The fourth-order valence-electron chi connectivity index (χ4n) is 2.14. The van der Waals surface area contributed by atoms with Gasteiger partial charge in [0, 0.05) is 30.6 Å². The summed E-state index contributed by atoms with van der Waals surface area (Å²) >= 11 is 6.28. The molecule has 1 atom stereocenters. The van der Waals surface area contributed by atoms with E-state index in [-0.39, 0.29) is 5.92 Å². The van der Waals surface area contributed by atoms with Crippen molar-refractivity contribution < 1.29 is 5.11 Å². The van der Waals surface area contributed by atoms with Gasteiger partial charge in [0.1, 0.15) is 11.3 Å². The number of rotatable bonds is 3. The number of nitrogens with zero attached hydrogens (tertiary/aromatic N) is 3. The minimum Gasteiger partial charge on any atom is -0.383 e. The summed E-state index contributed by atoms with van der Waals surface area (Å²) in [5, 5.41) is 15.5. The summed E-state index contributed by atoms with van der Waals surface area (Å²) < 4.78 is 1.60. The van der Waals surface area contributed by atoms with E-state index >= 15 is 0 Å². The van der Waals surface area contributed by atoms with Crippen LogP contribution in [0, 0.1) is 6.92 Å². The Bertz CT molecular complexity index is 592. The first-order chi connectivity index (χ1) is 8.93. The molecule has 0 spiro atoms. The second-order valence-electron chi connectivity index (χ2n) is 5.00. The number of pyridine rings is 1. The van der Waals surface area contributed by atoms with Gasteiger partial charge in [0.25, 0.3) is 0 Å². The Balaban J connectivity index is 2.56. The van der Waals surface area contributed by atoms with Crippen LogP contribution in [-0.2, 0) is 7.05 Å². The predicted molar refractivity (Wildman–Crippen MR) is 75.3 cm³/mol. The van der Waals surface area contributed by atoms with Crippen LogP contribution < -0.4 is 0 Å². The van der Waals surface area contributed by atoms with Gasteiger partial charge in [0.05, 0.1) is 5.69 Å². The fourth-order valence-corrected chi connectivity index (χ4v) is 2.37. The SMILES string of the molecule is Cc1ccncc1C(O)c1c(C(C)C)nn(C)c1Cl. The van der Waals surface area contributed by atoms with Gasteiger partial charge in [0.15, 0.2) is 0 Å². The van der Waals surface area contributed by atoms with Crippen LogP contribution in [0.15, 0.2) is 18.5 Å². The number of hydrogen-bond acceptors (Lipinski definition) is 3.